The predicted octanol–water partition coefficient (Wildman–Crippen LogP) is 3.09. The van der Waals surface area contributed by atoms with Crippen LogP contribution in [0.25, 0.3) is 0 Å². The standard InChI is InChI=1S/C11H15Cl2N3O2/c1-7(2-3-10(17)18)4-5-14-8-6-9(12)15-16-11(8)13/h6-7H,2-5H2,1H3,(H,14,15)(H,17,18). The summed E-state index contributed by atoms with van der Waals surface area (Å²) in [7, 11) is 0. The van der Waals surface area contributed by atoms with Crippen LogP contribution in [0.5, 0.6) is 0 Å². The molecule has 5 nitrogen and oxygen atoms in total. The Bertz CT molecular complexity index is 415. The number of carbonyl (C=O) groups is 1. The smallest absolute Gasteiger partial charge is 0.303 e. The SMILES string of the molecule is CC(CCNc1cc(Cl)nnc1Cl)CCC(=O)O. The molecule has 0 aliphatic heterocycles. The Morgan fingerprint density at radius 3 is 2.83 bits per heavy atom. The van der Waals surface area contributed by atoms with Crippen LogP contribution in [0.4, 0.5) is 5.69 Å². The van der Waals surface area contributed by atoms with Crippen LogP contribution in [0.1, 0.15) is 26.2 Å². The van der Waals surface area contributed by atoms with Gasteiger partial charge in [-0.25, -0.2) is 0 Å². The van der Waals surface area contributed by atoms with Crippen molar-refractivity contribution in [3.8, 4) is 0 Å². The maximum absolute atomic E-state index is 10.4. The number of carboxylic acids is 1. The van der Waals surface area contributed by atoms with E-state index in [4.69, 9.17) is 28.3 Å². The van der Waals surface area contributed by atoms with Gasteiger partial charge in [0.15, 0.2) is 10.3 Å². The first-order chi connectivity index (χ1) is 8.49. The molecule has 1 atom stereocenters. The number of nitrogens with zero attached hydrogens (tertiary/aromatic N) is 2. The van der Waals surface area contributed by atoms with Gasteiger partial charge in [-0.05, 0) is 18.8 Å². The van der Waals surface area contributed by atoms with Crippen molar-refractivity contribution >= 4 is 34.9 Å². The zero-order chi connectivity index (χ0) is 13.5. The topological polar surface area (TPSA) is 75.1 Å². The Morgan fingerprint density at radius 2 is 2.17 bits per heavy atom. The van der Waals surface area contributed by atoms with Crippen molar-refractivity contribution in [2.45, 2.75) is 26.2 Å². The second-order valence-corrected chi connectivity index (χ2v) is 4.87. The second-order valence-electron chi connectivity index (χ2n) is 4.12. The molecule has 1 aromatic rings. The highest BCUT2D eigenvalue weighted by Crippen LogP contribution is 2.21. The fourth-order valence-electron chi connectivity index (χ4n) is 1.44. The highest BCUT2D eigenvalue weighted by Gasteiger charge is 2.07. The lowest BCUT2D eigenvalue weighted by Crippen LogP contribution is -2.09. The number of aliphatic carboxylic acids is 1. The molecule has 1 unspecified atom stereocenters. The second kappa shape index (κ2) is 7.38. The van der Waals surface area contributed by atoms with E-state index in [9.17, 15) is 4.79 Å². The lowest BCUT2D eigenvalue weighted by atomic mass is 10.0. The zero-order valence-electron chi connectivity index (χ0n) is 9.99. The number of rotatable bonds is 7. The van der Waals surface area contributed by atoms with E-state index in [2.05, 4.69) is 15.5 Å². The highest BCUT2D eigenvalue weighted by atomic mass is 35.5. The van der Waals surface area contributed by atoms with Crippen LogP contribution in [0, 0.1) is 5.92 Å². The first-order valence-electron chi connectivity index (χ1n) is 5.63. The van der Waals surface area contributed by atoms with Crippen LogP contribution >= 0.6 is 23.2 Å². The molecule has 0 aliphatic rings. The van der Waals surface area contributed by atoms with Crippen molar-refractivity contribution in [2.24, 2.45) is 5.92 Å². The number of aromatic nitrogens is 2. The molecule has 0 aliphatic carbocycles. The molecule has 0 amide bonds. The summed E-state index contributed by atoms with van der Waals surface area (Å²) in [6.45, 7) is 2.70. The van der Waals surface area contributed by atoms with Crippen LogP contribution in [0.2, 0.25) is 10.3 Å². The molecule has 7 heteroatoms. The molecule has 0 fully saturated rings. The van der Waals surface area contributed by atoms with Crippen molar-refractivity contribution in [3.05, 3.63) is 16.4 Å². The molecule has 2 N–H and O–H groups in total. The van der Waals surface area contributed by atoms with Crippen molar-refractivity contribution in [1.82, 2.24) is 10.2 Å². The van der Waals surface area contributed by atoms with E-state index in [0.29, 0.717) is 24.6 Å². The van der Waals surface area contributed by atoms with Gasteiger partial charge in [-0.2, -0.15) is 0 Å². The van der Waals surface area contributed by atoms with E-state index < -0.39 is 5.97 Å². The summed E-state index contributed by atoms with van der Waals surface area (Å²) in [5.41, 5.74) is 0.641. The zero-order valence-corrected chi connectivity index (χ0v) is 11.5. The minimum absolute atomic E-state index is 0.199. The van der Waals surface area contributed by atoms with Gasteiger partial charge in [0.05, 0.1) is 5.69 Å². The van der Waals surface area contributed by atoms with Crippen molar-refractivity contribution in [2.75, 3.05) is 11.9 Å². The van der Waals surface area contributed by atoms with Crippen LogP contribution in [-0.2, 0) is 4.79 Å². The minimum atomic E-state index is -0.761. The van der Waals surface area contributed by atoms with Gasteiger partial charge in [0.2, 0.25) is 0 Å². The number of hydrogen-bond acceptors (Lipinski definition) is 4. The maximum atomic E-state index is 10.4. The van der Waals surface area contributed by atoms with Crippen molar-refractivity contribution < 1.29 is 9.90 Å². The summed E-state index contributed by atoms with van der Waals surface area (Å²) >= 11 is 11.5. The van der Waals surface area contributed by atoms with Crippen LogP contribution in [0.3, 0.4) is 0 Å². The molecule has 0 bridgehead atoms. The molecule has 100 valence electrons. The van der Waals surface area contributed by atoms with Crippen LogP contribution < -0.4 is 5.32 Å². The minimum Gasteiger partial charge on any atom is -0.481 e. The van der Waals surface area contributed by atoms with Crippen molar-refractivity contribution in [1.29, 1.82) is 0 Å². The van der Waals surface area contributed by atoms with Gasteiger partial charge in [-0.3, -0.25) is 4.79 Å². The average Bonchev–Trinajstić information content (AvgIpc) is 2.31. The third-order valence-electron chi connectivity index (χ3n) is 2.52. The molecular weight excluding hydrogens is 277 g/mol. The first kappa shape index (κ1) is 15.0. The molecule has 0 saturated heterocycles. The van der Waals surface area contributed by atoms with E-state index >= 15 is 0 Å². The van der Waals surface area contributed by atoms with E-state index in [-0.39, 0.29) is 16.7 Å². The van der Waals surface area contributed by atoms with Crippen molar-refractivity contribution in [3.63, 3.8) is 0 Å². The Balaban J connectivity index is 2.32. The van der Waals surface area contributed by atoms with E-state index in [1.807, 2.05) is 6.92 Å². The Labute approximate surface area is 116 Å². The quantitative estimate of drug-likeness (QED) is 0.807. The molecule has 1 heterocycles. The van der Waals surface area contributed by atoms with Crippen LogP contribution in [-0.4, -0.2) is 27.8 Å². The van der Waals surface area contributed by atoms with Crippen LogP contribution in [0.15, 0.2) is 6.07 Å². The van der Waals surface area contributed by atoms with Gasteiger partial charge in [-0.1, -0.05) is 30.1 Å². The summed E-state index contributed by atoms with van der Waals surface area (Å²) in [5.74, 6) is -0.430. The summed E-state index contributed by atoms with van der Waals surface area (Å²) in [6.07, 6.45) is 1.72. The van der Waals surface area contributed by atoms with Gasteiger partial charge >= 0.3 is 5.97 Å². The normalized spacial score (nSPS) is 12.2. The molecule has 18 heavy (non-hydrogen) atoms. The molecular formula is C11H15Cl2N3O2. The maximum Gasteiger partial charge on any atom is 0.303 e. The molecule has 1 rings (SSSR count). The molecule has 0 saturated carbocycles. The number of anilines is 1. The van der Waals surface area contributed by atoms with E-state index in [0.717, 1.165) is 6.42 Å². The Kier molecular flexibility index (Phi) is 6.15. The largest absolute Gasteiger partial charge is 0.481 e. The monoisotopic (exact) mass is 291 g/mol. The third kappa shape index (κ3) is 5.51. The van der Waals surface area contributed by atoms with Gasteiger partial charge in [0.1, 0.15) is 0 Å². The summed E-state index contributed by atoms with van der Waals surface area (Å²) < 4.78 is 0. The van der Waals surface area contributed by atoms with E-state index in [1.54, 1.807) is 6.07 Å². The van der Waals surface area contributed by atoms with Gasteiger partial charge in [0, 0.05) is 19.0 Å². The number of carboxylic acid groups (broad SMARTS) is 1. The fourth-order valence-corrected chi connectivity index (χ4v) is 1.75. The fraction of sp³-hybridized carbons (Fsp3) is 0.545. The van der Waals surface area contributed by atoms with Gasteiger partial charge in [0.25, 0.3) is 0 Å². The van der Waals surface area contributed by atoms with Gasteiger partial charge < -0.3 is 10.4 Å². The Morgan fingerprint density at radius 1 is 1.44 bits per heavy atom. The number of hydrogen-bond donors (Lipinski definition) is 2. The average molecular weight is 292 g/mol. The third-order valence-corrected chi connectivity index (χ3v) is 2.99. The lowest BCUT2D eigenvalue weighted by molar-refractivity contribution is -0.137. The summed E-state index contributed by atoms with van der Waals surface area (Å²) in [6, 6.07) is 1.61. The molecule has 0 radical (unpaired) electrons. The molecule has 0 aromatic carbocycles. The first-order valence-corrected chi connectivity index (χ1v) is 6.39. The highest BCUT2D eigenvalue weighted by molar-refractivity contribution is 6.33. The number of nitrogens with one attached hydrogen (secondary N) is 1. The predicted molar refractivity (Wildman–Crippen MR) is 71.2 cm³/mol. The molecule has 0 spiro atoms. The molecule has 1 aromatic heterocycles. The Hall–Kier alpha value is -1.07. The van der Waals surface area contributed by atoms with E-state index in [1.165, 1.54) is 0 Å². The lowest BCUT2D eigenvalue weighted by Gasteiger charge is -2.12. The summed E-state index contributed by atoms with van der Waals surface area (Å²) in [5, 5.41) is 19.5. The number of halogens is 2. The summed E-state index contributed by atoms with van der Waals surface area (Å²) in [4.78, 5) is 10.4. The van der Waals surface area contributed by atoms with Gasteiger partial charge in [-0.15, -0.1) is 10.2 Å².